The summed E-state index contributed by atoms with van der Waals surface area (Å²) in [6, 6.07) is 0. The van der Waals surface area contributed by atoms with Crippen LogP contribution in [0.3, 0.4) is 0 Å². The molecule has 4 aliphatic rings. The molecule has 0 radical (unpaired) electrons. The fourth-order valence-corrected chi connectivity index (χ4v) is 6.31. The van der Waals surface area contributed by atoms with Gasteiger partial charge in [0.1, 0.15) is 5.60 Å². The molecule has 4 aliphatic carbocycles. The molecule has 0 aromatic rings. The van der Waals surface area contributed by atoms with E-state index in [0.717, 1.165) is 38.5 Å². The molecule has 0 aromatic carbocycles. The van der Waals surface area contributed by atoms with Gasteiger partial charge in [0.05, 0.1) is 11.5 Å². The summed E-state index contributed by atoms with van der Waals surface area (Å²) in [5.41, 5.74) is -1.09. The van der Waals surface area contributed by atoms with Crippen LogP contribution in [0, 0.1) is 28.6 Å². The zero-order valence-electron chi connectivity index (χ0n) is 16.4. The average molecular weight is 337 g/mol. The number of esters is 1. The van der Waals surface area contributed by atoms with Crippen LogP contribution in [0.2, 0.25) is 0 Å². The lowest BCUT2D eigenvalue weighted by Crippen LogP contribution is -2.65. The number of hydrogen-bond acceptors (Lipinski definition) is 3. The maximum Gasteiger partial charge on any atom is 0.309 e. The molecule has 1 N–H and O–H groups in total. The van der Waals surface area contributed by atoms with E-state index in [1.165, 1.54) is 6.42 Å². The van der Waals surface area contributed by atoms with Gasteiger partial charge in [-0.25, -0.2) is 0 Å². The van der Waals surface area contributed by atoms with Crippen LogP contribution < -0.4 is 0 Å². The molecule has 4 fully saturated rings. The van der Waals surface area contributed by atoms with Crippen molar-refractivity contribution in [2.24, 2.45) is 28.6 Å². The highest BCUT2D eigenvalue weighted by Gasteiger charge is 2.66. The predicted molar refractivity (Wildman–Crippen MR) is 95.5 cm³/mol. The lowest BCUT2D eigenvalue weighted by Gasteiger charge is -2.68. The van der Waals surface area contributed by atoms with Crippen molar-refractivity contribution in [1.82, 2.24) is 0 Å². The number of ether oxygens (including phenoxy) is 1. The van der Waals surface area contributed by atoms with Crippen LogP contribution in [-0.2, 0) is 9.53 Å². The Morgan fingerprint density at radius 3 is 2.08 bits per heavy atom. The molecular weight excluding hydrogens is 300 g/mol. The van der Waals surface area contributed by atoms with Gasteiger partial charge in [-0.3, -0.25) is 4.79 Å². The summed E-state index contributed by atoms with van der Waals surface area (Å²) in [4.78, 5) is 12.5. The fraction of sp³-hybridized carbons (Fsp3) is 0.952. The molecule has 0 saturated heterocycles. The minimum Gasteiger partial charge on any atom is -0.459 e. The average Bonchev–Trinajstić information content (AvgIpc) is 2.43. The van der Waals surface area contributed by atoms with Gasteiger partial charge in [-0.15, -0.1) is 0 Å². The normalized spacial score (nSPS) is 39.8. The Kier molecular flexibility index (Phi) is 4.15. The van der Waals surface area contributed by atoms with Crippen LogP contribution in [0.4, 0.5) is 0 Å². The summed E-state index contributed by atoms with van der Waals surface area (Å²) >= 11 is 0. The highest BCUT2D eigenvalue weighted by atomic mass is 16.6. The Bertz CT molecular complexity index is 500. The first kappa shape index (κ1) is 18.2. The van der Waals surface area contributed by atoms with Crippen LogP contribution >= 0.6 is 0 Å². The molecule has 0 aromatic heterocycles. The number of aliphatic hydroxyl groups is 1. The molecule has 3 nitrogen and oxygen atoms in total. The molecule has 4 rings (SSSR count). The molecule has 138 valence electrons. The Morgan fingerprint density at radius 1 is 1.12 bits per heavy atom. The maximum atomic E-state index is 12.5. The molecule has 0 spiro atoms. The van der Waals surface area contributed by atoms with Gasteiger partial charge in [-0.1, -0.05) is 13.8 Å². The van der Waals surface area contributed by atoms with E-state index < -0.39 is 11.2 Å². The Hall–Kier alpha value is -0.570. The number of rotatable bonds is 5. The predicted octanol–water partition coefficient (Wildman–Crippen LogP) is 4.71. The largest absolute Gasteiger partial charge is 0.459 e. The number of carbonyl (C=O) groups is 1. The first-order valence-electron chi connectivity index (χ1n) is 9.89. The van der Waals surface area contributed by atoms with Gasteiger partial charge < -0.3 is 9.84 Å². The molecule has 4 bridgehead atoms. The second-order valence-corrected chi connectivity index (χ2v) is 10.3. The van der Waals surface area contributed by atoms with E-state index in [4.69, 9.17) is 4.74 Å². The lowest BCUT2D eigenvalue weighted by molar-refractivity contribution is -0.245. The Balaban J connectivity index is 1.91. The molecular formula is C21H36O3. The van der Waals surface area contributed by atoms with Gasteiger partial charge in [-0.05, 0) is 89.9 Å². The van der Waals surface area contributed by atoms with Crippen molar-refractivity contribution in [2.45, 2.75) is 97.7 Å². The van der Waals surface area contributed by atoms with Crippen molar-refractivity contribution in [3.8, 4) is 0 Å². The summed E-state index contributed by atoms with van der Waals surface area (Å²) in [6.07, 6.45) is 7.71. The zero-order chi connectivity index (χ0) is 18.0. The van der Waals surface area contributed by atoms with E-state index in [-0.39, 0.29) is 22.7 Å². The van der Waals surface area contributed by atoms with E-state index in [2.05, 4.69) is 13.8 Å². The molecule has 3 atom stereocenters. The molecule has 0 aliphatic heterocycles. The Labute approximate surface area is 147 Å². The molecule has 4 saturated carbocycles. The van der Waals surface area contributed by atoms with Crippen LogP contribution in [0.5, 0.6) is 0 Å². The highest BCUT2D eigenvalue weighted by Crippen LogP contribution is 2.71. The van der Waals surface area contributed by atoms with Crippen molar-refractivity contribution in [1.29, 1.82) is 0 Å². The molecule has 3 unspecified atom stereocenters. The van der Waals surface area contributed by atoms with Gasteiger partial charge in [0, 0.05) is 5.41 Å². The first-order chi connectivity index (χ1) is 10.9. The molecule has 0 amide bonds. The Morgan fingerprint density at radius 2 is 1.62 bits per heavy atom. The third-order valence-electron chi connectivity index (χ3n) is 8.01. The SMILES string of the molecule is CCC(C)C(=O)OC(C)(C)C12CC3CC(CC(C(C)(C)O)(C3)C1)C2. The monoisotopic (exact) mass is 336 g/mol. The van der Waals surface area contributed by atoms with E-state index >= 15 is 0 Å². The van der Waals surface area contributed by atoms with Crippen molar-refractivity contribution < 1.29 is 14.6 Å². The topological polar surface area (TPSA) is 46.5 Å². The van der Waals surface area contributed by atoms with Crippen LogP contribution in [0.15, 0.2) is 0 Å². The smallest absolute Gasteiger partial charge is 0.309 e. The van der Waals surface area contributed by atoms with Gasteiger partial charge in [-0.2, -0.15) is 0 Å². The third kappa shape index (κ3) is 2.62. The van der Waals surface area contributed by atoms with Gasteiger partial charge in [0.2, 0.25) is 0 Å². The van der Waals surface area contributed by atoms with E-state index in [1.807, 2.05) is 27.7 Å². The summed E-state index contributed by atoms with van der Waals surface area (Å²) in [5, 5.41) is 11.0. The number of hydrogen-bond donors (Lipinski definition) is 1. The van der Waals surface area contributed by atoms with Gasteiger partial charge in [0.15, 0.2) is 0 Å². The van der Waals surface area contributed by atoms with E-state index in [9.17, 15) is 9.90 Å². The van der Waals surface area contributed by atoms with E-state index in [1.54, 1.807) is 0 Å². The zero-order valence-corrected chi connectivity index (χ0v) is 16.4. The maximum absolute atomic E-state index is 12.5. The highest BCUT2D eigenvalue weighted by molar-refractivity contribution is 5.72. The summed E-state index contributed by atoms with van der Waals surface area (Å²) in [7, 11) is 0. The standard InChI is InChI=1S/C21H36O3/c1-7-14(2)17(22)24-19(5,6)21-11-15-8-16(12-21)10-20(9-15,13-21)18(3,4)23/h14-16,23H,7-13H2,1-6H3. The minimum atomic E-state index is -0.660. The van der Waals surface area contributed by atoms with Crippen LogP contribution in [0.1, 0.15) is 86.5 Å². The fourth-order valence-electron chi connectivity index (χ4n) is 6.31. The quantitative estimate of drug-likeness (QED) is 0.739. The summed E-state index contributed by atoms with van der Waals surface area (Å²) in [5.74, 6) is 1.26. The van der Waals surface area contributed by atoms with Gasteiger partial charge in [0.25, 0.3) is 0 Å². The molecule has 24 heavy (non-hydrogen) atoms. The van der Waals surface area contributed by atoms with Crippen LogP contribution in [0.25, 0.3) is 0 Å². The van der Waals surface area contributed by atoms with Crippen molar-refractivity contribution in [3.63, 3.8) is 0 Å². The minimum absolute atomic E-state index is 0.00284. The second kappa shape index (κ2) is 5.46. The van der Waals surface area contributed by atoms with Crippen molar-refractivity contribution >= 4 is 5.97 Å². The van der Waals surface area contributed by atoms with E-state index in [0.29, 0.717) is 11.8 Å². The summed E-state index contributed by atoms with van der Waals surface area (Å²) in [6.45, 7) is 12.2. The van der Waals surface area contributed by atoms with Crippen molar-refractivity contribution in [3.05, 3.63) is 0 Å². The lowest BCUT2D eigenvalue weighted by atomic mass is 9.38. The first-order valence-corrected chi connectivity index (χ1v) is 9.89. The van der Waals surface area contributed by atoms with Crippen molar-refractivity contribution in [2.75, 3.05) is 0 Å². The third-order valence-corrected chi connectivity index (χ3v) is 8.01. The second-order valence-electron chi connectivity index (χ2n) is 10.3. The summed E-state index contributed by atoms with van der Waals surface area (Å²) < 4.78 is 6.11. The molecule has 3 heteroatoms. The number of carbonyl (C=O) groups excluding carboxylic acids is 1. The van der Waals surface area contributed by atoms with Gasteiger partial charge >= 0.3 is 5.97 Å². The molecule has 0 heterocycles. The van der Waals surface area contributed by atoms with Crippen LogP contribution in [-0.4, -0.2) is 22.3 Å².